The average Bonchev–Trinajstić information content (AvgIpc) is 3.07. The van der Waals surface area contributed by atoms with Crippen LogP contribution in [-0.4, -0.2) is 46.5 Å². The van der Waals surface area contributed by atoms with Crippen molar-refractivity contribution in [1.82, 2.24) is 9.88 Å². The Balaban J connectivity index is 1.40. The summed E-state index contributed by atoms with van der Waals surface area (Å²) < 4.78 is 37.9. The topological polar surface area (TPSA) is 56.8 Å². The highest BCUT2D eigenvalue weighted by Crippen LogP contribution is 2.38. The van der Waals surface area contributed by atoms with Gasteiger partial charge in [0.25, 0.3) is 5.91 Å². The van der Waals surface area contributed by atoms with Crippen molar-refractivity contribution in [3.8, 4) is 0 Å². The van der Waals surface area contributed by atoms with Gasteiger partial charge in [-0.15, -0.1) is 0 Å². The first-order valence-electron chi connectivity index (χ1n) is 11.8. The second-order valence-corrected chi connectivity index (χ2v) is 10.1. The average molecular weight is 515 g/mol. The van der Waals surface area contributed by atoms with Gasteiger partial charge in [0.15, 0.2) is 0 Å². The minimum atomic E-state index is -4.41. The highest BCUT2D eigenvalue weighted by Gasteiger charge is 2.43. The molecule has 0 spiro atoms. The highest BCUT2D eigenvalue weighted by molar-refractivity contribution is 8.00. The Labute approximate surface area is 211 Å². The van der Waals surface area contributed by atoms with E-state index in [-0.39, 0.29) is 28.9 Å². The van der Waals surface area contributed by atoms with Crippen LogP contribution in [0.2, 0.25) is 0 Å². The summed E-state index contributed by atoms with van der Waals surface area (Å²) in [5, 5.41) is 0.931. The van der Waals surface area contributed by atoms with Crippen molar-refractivity contribution in [3.63, 3.8) is 0 Å². The van der Waals surface area contributed by atoms with E-state index in [4.69, 9.17) is 0 Å². The third kappa shape index (κ3) is 4.74. The number of alkyl halides is 3. The fourth-order valence-corrected chi connectivity index (χ4v) is 5.42. The van der Waals surface area contributed by atoms with Crippen molar-refractivity contribution in [2.24, 2.45) is 0 Å². The number of hydrogen-bond acceptors (Lipinski definition) is 5. The van der Waals surface area contributed by atoms with Crippen LogP contribution in [0.1, 0.15) is 31.7 Å². The predicted octanol–water partition coefficient (Wildman–Crippen LogP) is 6.19. The lowest BCUT2D eigenvalue weighted by Crippen LogP contribution is -2.33. The standard InChI is InChI=1S/C26H25F3N4O2S/c1-17-24(34)33(19-8-10-20(11-9-19)36-26(27,28)29)25(35)32(17)16-18-12-13-30-23-21(18)6-5-7-22(23)31-14-3-2-4-15-31/h5-13,17H,2-4,14-16H2,1H3. The fraction of sp³-hybridized carbons (Fsp3) is 0.346. The summed E-state index contributed by atoms with van der Waals surface area (Å²) in [6.45, 7) is 3.84. The van der Waals surface area contributed by atoms with E-state index in [0.717, 1.165) is 53.0 Å². The Hall–Kier alpha value is -3.27. The van der Waals surface area contributed by atoms with Crippen molar-refractivity contribution in [3.05, 3.63) is 60.3 Å². The van der Waals surface area contributed by atoms with Gasteiger partial charge in [0.1, 0.15) is 6.04 Å². The number of halogens is 3. The van der Waals surface area contributed by atoms with Crippen LogP contribution in [0.15, 0.2) is 59.6 Å². The zero-order chi connectivity index (χ0) is 25.4. The van der Waals surface area contributed by atoms with Gasteiger partial charge in [-0.25, -0.2) is 9.69 Å². The van der Waals surface area contributed by atoms with Crippen molar-refractivity contribution >= 4 is 46.0 Å². The number of hydrogen-bond donors (Lipinski definition) is 0. The van der Waals surface area contributed by atoms with Gasteiger partial charge in [0.05, 0.1) is 16.9 Å². The molecule has 0 bridgehead atoms. The molecule has 2 saturated heterocycles. The van der Waals surface area contributed by atoms with Crippen LogP contribution in [-0.2, 0) is 11.3 Å². The van der Waals surface area contributed by atoms with Crippen molar-refractivity contribution in [1.29, 1.82) is 0 Å². The van der Waals surface area contributed by atoms with E-state index in [1.54, 1.807) is 13.1 Å². The van der Waals surface area contributed by atoms with Gasteiger partial charge in [0.2, 0.25) is 0 Å². The summed E-state index contributed by atoms with van der Waals surface area (Å²) in [4.78, 5) is 35.8. The number of rotatable bonds is 5. The molecule has 6 nitrogen and oxygen atoms in total. The van der Waals surface area contributed by atoms with Crippen LogP contribution in [0.3, 0.4) is 0 Å². The van der Waals surface area contributed by atoms with Crippen molar-refractivity contribution < 1.29 is 22.8 Å². The number of fused-ring (bicyclic) bond motifs is 1. The molecule has 36 heavy (non-hydrogen) atoms. The van der Waals surface area contributed by atoms with Crippen LogP contribution in [0.5, 0.6) is 0 Å². The smallest absolute Gasteiger partial charge is 0.370 e. The zero-order valence-corrected chi connectivity index (χ0v) is 20.5. The molecule has 5 rings (SSSR count). The molecule has 1 aromatic heterocycles. The Morgan fingerprint density at radius 2 is 1.72 bits per heavy atom. The lowest BCUT2D eigenvalue weighted by atomic mass is 10.0. The second-order valence-electron chi connectivity index (χ2n) is 8.99. The van der Waals surface area contributed by atoms with Crippen molar-refractivity contribution in [2.45, 2.75) is 49.2 Å². The number of para-hydroxylation sites is 1. The molecule has 2 aliphatic rings. The Bertz CT molecular complexity index is 1290. The van der Waals surface area contributed by atoms with Crippen LogP contribution in [0.25, 0.3) is 10.9 Å². The fourth-order valence-electron chi connectivity index (χ4n) is 4.88. The summed E-state index contributed by atoms with van der Waals surface area (Å²) in [7, 11) is 0. The number of imide groups is 1. The summed E-state index contributed by atoms with van der Waals surface area (Å²) >= 11 is -0.239. The lowest BCUT2D eigenvalue weighted by Gasteiger charge is -2.29. The van der Waals surface area contributed by atoms with Crippen LogP contribution < -0.4 is 9.80 Å². The second kappa shape index (κ2) is 9.65. The van der Waals surface area contributed by atoms with Crippen molar-refractivity contribution in [2.75, 3.05) is 22.9 Å². The van der Waals surface area contributed by atoms with Gasteiger partial charge in [0, 0.05) is 36.1 Å². The Kier molecular flexibility index (Phi) is 6.55. The number of benzene rings is 2. The number of urea groups is 1. The van der Waals surface area contributed by atoms with Gasteiger partial charge in [-0.3, -0.25) is 9.78 Å². The first-order valence-corrected chi connectivity index (χ1v) is 12.7. The molecular weight excluding hydrogens is 489 g/mol. The number of carbonyl (C=O) groups excluding carboxylic acids is 2. The number of nitrogens with zero attached hydrogens (tertiary/aromatic N) is 4. The van der Waals surface area contributed by atoms with E-state index in [9.17, 15) is 22.8 Å². The molecule has 2 fully saturated rings. The third-order valence-corrected chi connectivity index (χ3v) is 7.43. The molecule has 1 unspecified atom stereocenters. The normalized spacial score (nSPS) is 19.0. The first-order chi connectivity index (χ1) is 17.2. The monoisotopic (exact) mass is 514 g/mol. The molecule has 0 aliphatic carbocycles. The largest absolute Gasteiger partial charge is 0.446 e. The summed E-state index contributed by atoms with van der Waals surface area (Å²) in [6, 6.07) is 12.0. The quantitative estimate of drug-likeness (QED) is 0.300. The SMILES string of the molecule is CC1C(=O)N(c2ccc(SC(F)(F)F)cc2)C(=O)N1Cc1ccnc2c(N3CCCCC3)cccc12. The summed E-state index contributed by atoms with van der Waals surface area (Å²) in [5.74, 6) is -0.413. The number of aromatic nitrogens is 1. The van der Waals surface area contributed by atoms with Crippen LogP contribution in [0, 0.1) is 0 Å². The predicted molar refractivity (Wildman–Crippen MR) is 134 cm³/mol. The molecule has 0 radical (unpaired) electrons. The number of thioether (sulfide) groups is 1. The van der Waals surface area contributed by atoms with E-state index in [0.29, 0.717) is 0 Å². The minimum Gasteiger partial charge on any atom is -0.370 e. The molecule has 2 aromatic carbocycles. The first kappa shape index (κ1) is 24.4. The van der Waals surface area contributed by atoms with E-state index in [1.807, 2.05) is 18.2 Å². The maximum Gasteiger partial charge on any atom is 0.446 e. The maximum absolute atomic E-state index is 13.3. The number of pyridine rings is 1. The third-order valence-electron chi connectivity index (χ3n) is 6.69. The lowest BCUT2D eigenvalue weighted by molar-refractivity contribution is -0.119. The molecule has 188 valence electrons. The van der Waals surface area contributed by atoms with Crippen LogP contribution >= 0.6 is 11.8 Å². The van der Waals surface area contributed by atoms with Gasteiger partial charge in [-0.05, 0) is 79.9 Å². The summed E-state index contributed by atoms with van der Waals surface area (Å²) in [6.07, 6.45) is 5.24. The number of carbonyl (C=O) groups is 2. The van der Waals surface area contributed by atoms with Gasteiger partial charge < -0.3 is 9.80 Å². The molecule has 2 aliphatic heterocycles. The van der Waals surface area contributed by atoms with E-state index in [1.165, 1.54) is 35.6 Å². The van der Waals surface area contributed by atoms with Crippen LogP contribution in [0.4, 0.5) is 29.3 Å². The Morgan fingerprint density at radius 1 is 1.00 bits per heavy atom. The maximum atomic E-state index is 13.3. The molecule has 10 heteroatoms. The van der Waals surface area contributed by atoms with E-state index < -0.39 is 23.5 Å². The zero-order valence-electron chi connectivity index (χ0n) is 19.7. The molecule has 0 N–H and O–H groups in total. The van der Waals surface area contributed by atoms with E-state index in [2.05, 4.69) is 16.0 Å². The van der Waals surface area contributed by atoms with Gasteiger partial charge in [-0.2, -0.15) is 13.2 Å². The molecule has 0 saturated carbocycles. The van der Waals surface area contributed by atoms with Gasteiger partial charge in [-0.1, -0.05) is 12.1 Å². The molecule has 3 aromatic rings. The van der Waals surface area contributed by atoms with E-state index >= 15 is 0 Å². The number of piperidine rings is 1. The highest BCUT2D eigenvalue weighted by atomic mass is 32.2. The summed E-state index contributed by atoms with van der Waals surface area (Å²) in [5.41, 5.74) is -1.34. The van der Waals surface area contributed by atoms with Gasteiger partial charge >= 0.3 is 11.5 Å². The number of amides is 3. The number of anilines is 2. The molecule has 3 heterocycles. The molecule has 3 amide bonds. The Morgan fingerprint density at radius 3 is 2.42 bits per heavy atom. The molecular formula is C26H25F3N4O2S. The minimum absolute atomic E-state index is 0.0111. The molecule has 1 atom stereocenters.